The van der Waals surface area contributed by atoms with E-state index in [4.69, 9.17) is 5.73 Å². The largest absolute Gasteiger partial charge is 0.351 e. The normalized spacial score (nSPS) is 46.0. The number of nitrogens with zero attached hydrogens (tertiary/aromatic N) is 1. The van der Waals surface area contributed by atoms with E-state index in [1.807, 2.05) is 0 Å². The Bertz CT molecular complexity index is 538. The lowest BCUT2D eigenvalue weighted by atomic mass is 9.72. The highest BCUT2D eigenvalue weighted by Gasteiger charge is 2.48. The number of hydrogen-bond donors (Lipinski definition) is 6. The highest BCUT2D eigenvalue weighted by atomic mass is 19.1. The first kappa shape index (κ1) is 19.5. The zero-order valence-corrected chi connectivity index (χ0v) is 16.1. The molecule has 8 unspecified atom stereocenters. The van der Waals surface area contributed by atoms with Crippen molar-refractivity contribution in [2.24, 2.45) is 29.4 Å². The predicted octanol–water partition coefficient (Wildman–Crippen LogP) is -1.69. The molecular weight excluding hydrogens is 349 g/mol. The maximum Gasteiger partial charge on any atom is 0.229 e. The Morgan fingerprint density at radius 2 is 1.89 bits per heavy atom. The van der Waals surface area contributed by atoms with Gasteiger partial charge < -0.3 is 21.7 Å². The van der Waals surface area contributed by atoms with E-state index in [9.17, 15) is 9.18 Å². The van der Waals surface area contributed by atoms with E-state index in [0.29, 0.717) is 17.8 Å². The van der Waals surface area contributed by atoms with Gasteiger partial charge in [-0.2, -0.15) is 0 Å². The number of amides is 1. The van der Waals surface area contributed by atoms with Gasteiger partial charge in [0.05, 0.1) is 18.2 Å². The van der Waals surface area contributed by atoms with Crippen LogP contribution in [0.1, 0.15) is 19.8 Å². The van der Waals surface area contributed by atoms with Crippen LogP contribution >= 0.6 is 0 Å². The van der Waals surface area contributed by atoms with E-state index >= 15 is 0 Å². The second-order valence-electron chi connectivity index (χ2n) is 8.69. The first-order valence-electron chi connectivity index (χ1n) is 10.4. The first-order valence-corrected chi connectivity index (χ1v) is 10.4. The number of hydrazine groups is 1. The molecule has 4 aliphatic heterocycles. The number of fused-ring (bicyclic) bond motifs is 1. The third-order valence-electron chi connectivity index (χ3n) is 6.89. The van der Waals surface area contributed by atoms with E-state index in [-0.39, 0.29) is 31.2 Å². The molecule has 1 amide bonds. The number of hydrogen-bond acceptors (Lipinski definition) is 7. The summed E-state index contributed by atoms with van der Waals surface area (Å²) in [6.07, 6.45) is 0.557. The summed E-state index contributed by atoms with van der Waals surface area (Å²) in [4.78, 5) is 13.1. The second kappa shape index (κ2) is 8.26. The molecule has 4 aliphatic rings. The standard InChI is InChI=1S/C18H34FN7O/c1-10-6-21-4-2-12(10)13-3-5-22-8-14(13)24-18(27)15-16(20)25-26-9-11(19)7-23-17(15)26/h10-17,21-23,25H,2-9,20H2,1H3,(H,24,27). The van der Waals surface area contributed by atoms with Crippen molar-refractivity contribution in [1.29, 1.82) is 0 Å². The smallest absolute Gasteiger partial charge is 0.229 e. The fourth-order valence-electron chi connectivity index (χ4n) is 5.48. The molecular formula is C18H34FN7O. The molecule has 9 heteroatoms. The van der Waals surface area contributed by atoms with Crippen molar-refractivity contribution in [3.63, 3.8) is 0 Å². The van der Waals surface area contributed by atoms with Gasteiger partial charge in [0.25, 0.3) is 0 Å². The Morgan fingerprint density at radius 3 is 2.67 bits per heavy atom. The van der Waals surface area contributed by atoms with Crippen LogP contribution in [0, 0.1) is 23.7 Å². The average molecular weight is 384 g/mol. The monoisotopic (exact) mass is 383 g/mol. The van der Waals surface area contributed by atoms with Crippen molar-refractivity contribution in [2.75, 3.05) is 39.3 Å². The summed E-state index contributed by atoms with van der Waals surface area (Å²) in [5.74, 6) is 1.28. The topological polar surface area (TPSA) is 106 Å². The van der Waals surface area contributed by atoms with Gasteiger partial charge in [-0.25, -0.2) is 14.8 Å². The highest BCUT2D eigenvalue weighted by Crippen LogP contribution is 2.33. The van der Waals surface area contributed by atoms with E-state index in [2.05, 4.69) is 33.6 Å². The van der Waals surface area contributed by atoms with Crippen molar-refractivity contribution in [1.82, 2.24) is 31.7 Å². The Balaban J connectivity index is 1.42. The summed E-state index contributed by atoms with van der Waals surface area (Å²) in [6.45, 7) is 6.76. The zero-order chi connectivity index (χ0) is 19.0. The number of carbonyl (C=O) groups excluding carboxylic acids is 1. The fraction of sp³-hybridized carbons (Fsp3) is 0.944. The van der Waals surface area contributed by atoms with E-state index in [1.165, 1.54) is 6.42 Å². The van der Waals surface area contributed by atoms with Gasteiger partial charge in [-0.1, -0.05) is 6.92 Å². The number of rotatable bonds is 3. The van der Waals surface area contributed by atoms with Crippen molar-refractivity contribution >= 4 is 5.91 Å². The Labute approximate surface area is 160 Å². The Morgan fingerprint density at radius 1 is 1.15 bits per heavy atom. The number of nitrogens with one attached hydrogen (secondary N) is 5. The fourth-order valence-corrected chi connectivity index (χ4v) is 5.48. The molecule has 0 aliphatic carbocycles. The summed E-state index contributed by atoms with van der Waals surface area (Å²) in [5.41, 5.74) is 9.25. The third kappa shape index (κ3) is 3.99. The molecule has 0 aromatic heterocycles. The van der Waals surface area contributed by atoms with Crippen molar-refractivity contribution in [2.45, 2.75) is 44.3 Å². The molecule has 7 N–H and O–H groups in total. The van der Waals surface area contributed by atoms with Gasteiger partial charge >= 0.3 is 0 Å². The van der Waals surface area contributed by atoms with Crippen LogP contribution in [0.3, 0.4) is 0 Å². The zero-order valence-electron chi connectivity index (χ0n) is 16.1. The highest BCUT2D eigenvalue weighted by molar-refractivity contribution is 5.80. The average Bonchev–Trinajstić information content (AvgIpc) is 2.97. The van der Waals surface area contributed by atoms with Crippen molar-refractivity contribution in [3.8, 4) is 0 Å². The molecule has 0 spiro atoms. The third-order valence-corrected chi connectivity index (χ3v) is 6.89. The molecule has 4 heterocycles. The number of carbonyl (C=O) groups is 1. The number of halogens is 1. The SMILES string of the molecule is CC1CNCCC1C1CCNCC1NC(=O)C1C(N)NN2CC(F)CNC12. The number of nitrogens with two attached hydrogens (primary N) is 1. The lowest BCUT2D eigenvalue weighted by Gasteiger charge is -2.43. The van der Waals surface area contributed by atoms with E-state index in [0.717, 1.165) is 32.6 Å². The van der Waals surface area contributed by atoms with Crippen LogP contribution in [0.4, 0.5) is 4.39 Å². The van der Waals surface area contributed by atoms with E-state index < -0.39 is 18.3 Å². The van der Waals surface area contributed by atoms with Gasteiger partial charge in [0.2, 0.25) is 5.91 Å². The minimum Gasteiger partial charge on any atom is -0.351 e. The number of piperidine rings is 2. The molecule has 8 nitrogen and oxygen atoms in total. The molecule has 8 atom stereocenters. The van der Waals surface area contributed by atoms with Crippen LogP contribution in [0.15, 0.2) is 0 Å². The van der Waals surface area contributed by atoms with Crippen molar-refractivity contribution < 1.29 is 9.18 Å². The van der Waals surface area contributed by atoms with Gasteiger partial charge in [0.15, 0.2) is 0 Å². The van der Waals surface area contributed by atoms with Gasteiger partial charge in [0.1, 0.15) is 6.17 Å². The molecule has 154 valence electrons. The number of alkyl halides is 1. The predicted molar refractivity (Wildman–Crippen MR) is 101 cm³/mol. The van der Waals surface area contributed by atoms with Crippen LogP contribution in [0.25, 0.3) is 0 Å². The molecule has 0 saturated carbocycles. The quantitative estimate of drug-likeness (QED) is 0.346. The van der Waals surface area contributed by atoms with Crippen LogP contribution in [0.2, 0.25) is 0 Å². The van der Waals surface area contributed by atoms with Gasteiger partial charge in [-0.15, -0.1) is 0 Å². The van der Waals surface area contributed by atoms with Gasteiger partial charge in [-0.05, 0) is 50.2 Å². The van der Waals surface area contributed by atoms with Crippen LogP contribution in [-0.4, -0.2) is 74.7 Å². The summed E-state index contributed by atoms with van der Waals surface area (Å²) in [6, 6.07) is 0.121. The molecule has 0 aromatic rings. The summed E-state index contributed by atoms with van der Waals surface area (Å²) in [5, 5.41) is 15.1. The van der Waals surface area contributed by atoms with Crippen LogP contribution < -0.4 is 32.4 Å². The Hall–Kier alpha value is -0.840. The molecule has 4 saturated heterocycles. The van der Waals surface area contributed by atoms with Crippen LogP contribution in [-0.2, 0) is 4.79 Å². The molecule has 0 bridgehead atoms. The van der Waals surface area contributed by atoms with E-state index in [1.54, 1.807) is 5.01 Å². The molecule has 4 rings (SSSR count). The summed E-state index contributed by atoms with van der Waals surface area (Å²) >= 11 is 0. The maximum absolute atomic E-state index is 13.6. The lowest BCUT2D eigenvalue weighted by Crippen LogP contribution is -2.61. The van der Waals surface area contributed by atoms with Crippen molar-refractivity contribution in [3.05, 3.63) is 0 Å². The molecule has 0 radical (unpaired) electrons. The Kier molecular flexibility index (Phi) is 5.96. The minimum atomic E-state index is -0.948. The summed E-state index contributed by atoms with van der Waals surface area (Å²) in [7, 11) is 0. The second-order valence-corrected chi connectivity index (χ2v) is 8.69. The molecule has 0 aromatic carbocycles. The lowest BCUT2D eigenvalue weighted by molar-refractivity contribution is -0.128. The maximum atomic E-state index is 13.6. The molecule has 27 heavy (non-hydrogen) atoms. The minimum absolute atomic E-state index is 0.0346. The van der Waals surface area contributed by atoms with Gasteiger partial charge in [-0.3, -0.25) is 10.1 Å². The molecule has 4 fully saturated rings. The van der Waals surface area contributed by atoms with Crippen LogP contribution in [0.5, 0.6) is 0 Å². The van der Waals surface area contributed by atoms with Gasteiger partial charge in [0, 0.05) is 25.7 Å². The summed E-state index contributed by atoms with van der Waals surface area (Å²) < 4.78 is 13.6. The first-order chi connectivity index (χ1) is 13.0.